The number of benzene rings is 2. The third-order valence-electron chi connectivity index (χ3n) is 4.99. The first-order valence-corrected chi connectivity index (χ1v) is 10.3. The first-order chi connectivity index (χ1) is 13.1. The molecule has 1 saturated carbocycles. The molecule has 0 amide bonds. The fraction of sp³-hybridized carbons (Fsp3) is 0.318. The van der Waals surface area contributed by atoms with Crippen molar-refractivity contribution in [2.45, 2.75) is 49.6 Å². The van der Waals surface area contributed by atoms with Crippen molar-refractivity contribution in [3.8, 4) is 0 Å². The van der Waals surface area contributed by atoms with E-state index in [0.29, 0.717) is 21.6 Å². The molecule has 2 aromatic carbocycles. The minimum Gasteiger partial charge on any atom is -0.293 e. The number of aromatic nitrogens is 2. The normalized spacial score (nSPS) is 15.0. The van der Waals surface area contributed by atoms with Crippen LogP contribution in [0.2, 0.25) is 0 Å². The summed E-state index contributed by atoms with van der Waals surface area (Å²) in [6.45, 7) is 3.98. The Labute approximate surface area is 162 Å². The van der Waals surface area contributed by atoms with Crippen molar-refractivity contribution in [3.63, 3.8) is 0 Å². The molecule has 1 aliphatic rings. The van der Waals surface area contributed by atoms with Gasteiger partial charge >= 0.3 is 0 Å². The van der Waals surface area contributed by atoms with Gasteiger partial charge in [-0.2, -0.15) is 0 Å². The van der Waals surface area contributed by atoms with E-state index in [9.17, 15) is 9.59 Å². The lowest BCUT2D eigenvalue weighted by Gasteiger charge is -2.15. The predicted octanol–water partition coefficient (Wildman–Crippen LogP) is 4.66. The molecule has 4 nitrogen and oxygen atoms in total. The van der Waals surface area contributed by atoms with Crippen LogP contribution in [0.3, 0.4) is 0 Å². The highest BCUT2D eigenvalue weighted by atomic mass is 32.2. The highest BCUT2D eigenvalue weighted by Crippen LogP contribution is 2.38. The van der Waals surface area contributed by atoms with Crippen LogP contribution < -0.4 is 5.56 Å². The Kier molecular flexibility index (Phi) is 4.87. The Bertz CT molecular complexity index is 1050. The zero-order valence-electron chi connectivity index (χ0n) is 15.5. The van der Waals surface area contributed by atoms with Crippen LogP contribution in [0.25, 0.3) is 10.9 Å². The number of rotatable bonds is 6. The highest BCUT2D eigenvalue weighted by Gasteiger charge is 2.30. The summed E-state index contributed by atoms with van der Waals surface area (Å²) in [5.74, 6) is 0.0624. The average molecular weight is 378 g/mol. The van der Waals surface area contributed by atoms with E-state index in [1.165, 1.54) is 17.3 Å². The Morgan fingerprint density at radius 3 is 2.56 bits per heavy atom. The third-order valence-corrected chi connectivity index (χ3v) is 6.05. The van der Waals surface area contributed by atoms with Crippen LogP contribution in [0.4, 0.5) is 0 Å². The molecule has 0 radical (unpaired) electrons. The number of carbonyl (C=O) groups excluding carboxylic acids is 1. The lowest BCUT2D eigenvalue weighted by molar-refractivity contribution is 0.0994. The monoisotopic (exact) mass is 378 g/mol. The number of para-hydroxylation sites is 1. The van der Waals surface area contributed by atoms with E-state index < -0.39 is 0 Å². The fourth-order valence-corrected chi connectivity index (χ4v) is 4.27. The van der Waals surface area contributed by atoms with Crippen LogP contribution in [-0.2, 0) is 6.42 Å². The maximum absolute atomic E-state index is 12.9. The van der Waals surface area contributed by atoms with Crippen molar-refractivity contribution >= 4 is 28.4 Å². The van der Waals surface area contributed by atoms with Crippen molar-refractivity contribution in [3.05, 3.63) is 70.0 Å². The summed E-state index contributed by atoms with van der Waals surface area (Å²) in [5, 5.41) is 0.977. The first-order valence-electron chi connectivity index (χ1n) is 9.39. The largest absolute Gasteiger partial charge is 0.293 e. The van der Waals surface area contributed by atoms with Gasteiger partial charge in [0.05, 0.1) is 16.2 Å². The van der Waals surface area contributed by atoms with Gasteiger partial charge in [0.15, 0.2) is 10.9 Å². The van der Waals surface area contributed by atoms with Gasteiger partial charge in [-0.1, -0.05) is 55.1 Å². The average Bonchev–Trinajstić information content (AvgIpc) is 3.52. The lowest BCUT2D eigenvalue weighted by Crippen LogP contribution is -2.24. The molecule has 1 atom stereocenters. The number of thioether (sulfide) groups is 1. The van der Waals surface area contributed by atoms with E-state index in [2.05, 4.69) is 6.92 Å². The molecule has 138 valence electrons. The SMILES string of the molecule is CCc1ccc(C(=O)[C@H](C)Sc2nc3ccccc3c(=O)n2C2CC2)cc1. The molecule has 0 N–H and O–H groups in total. The van der Waals surface area contributed by atoms with Gasteiger partial charge in [0.2, 0.25) is 0 Å². The van der Waals surface area contributed by atoms with Crippen LogP contribution in [0, 0.1) is 0 Å². The van der Waals surface area contributed by atoms with E-state index in [1.54, 1.807) is 4.57 Å². The number of hydrogen-bond donors (Lipinski definition) is 0. The van der Waals surface area contributed by atoms with Crippen molar-refractivity contribution in [1.82, 2.24) is 9.55 Å². The summed E-state index contributed by atoms with van der Waals surface area (Å²) < 4.78 is 1.79. The van der Waals surface area contributed by atoms with Crippen molar-refractivity contribution in [2.24, 2.45) is 0 Å². The van der Waals surface area contributed by atoms with Gasteiger partial charge in [-0.3, -0.25) is 14.2 Å². The number of nitrogens with zero attached hydrogens (tertiary/aromatic N) is 2. The quantitative estimate of drug-likeness (QED) is 0.356. The smallest absolute Gasteiger partial charge is 0.262 e. The zero-order chi connectivity index (χ0) is 19.0. The molecule has 0 unspecified atom stereocenters. The third kappa shape index (κ3) is 3.56. The first kappa shape index (κ1) is 18.0. The minimum atomic E-state index is -0.310. The van der Waals surface area contributed by atoms with Gasteiger partial charge in [-0.25, -0.2) is 4.98 Å². The molecule has 1 heterocycles. The topological polar surface area (TPSA) is 52.0 Å². The van der Waals surface area contributed by atoms with Crippen molar-refractivity contribution in [2.75, 3.05) is 0 Å². The molecule has 1 fully saturated rings. The zero-order valence-corrected chi connectivity index (χ0v) is 16.3. The molecule has 0 bridgehead atoms. The van der Waals surface area contributed by atoms with Crippen LogP contribution in [0.1, 0.15) is 48.7 Å². The molecule has 0 spiro atoms. The Hall–Kier alpha value is -2.40. The van der Waals surface area contributed by atoms with Crippen LogP contribution >= 0.6 is 11.8 Å². The predicted molar refractivity (Wildman–Crippen MR) is 110 cm³/mol. The molecule has 1 aromatic heterocycles. The summed E-state index contributed by atoms with van der Waals surface area (Å²) >= 11 is 1.38. The van der Waals surface area contributed by atoms with Crippen molar-refractivity contribution < 1.29 is 4.79 Å². The van der Waals surface area contributed by atoms with Gasteiger partial charge < -0.3 is 0 Å². The summed E-state index contributed by atoms with van der Waals surface area (Å²) in [5.41, 5.74) is 2.60. The standard InChI is InChI=1S/C22H22N2O2S/c1-3-15-8-10-16(11-9-15)20(25)14(2)27-22-23-19-7-5-4-6-18(19)21(26)24(22)17-12-13-17/h4-11,14,17H,3,12-13H2,1-2H3/t14-/m0/s1. The molecule has 0 aliphatic heterocycles. The second-order valence-electron chi connectivity index (χ2n) is 6.99. The molecule has 5 heteroatoms. The summed E-state index contributed by atoms with van der Waals surface area (Å²) in [7, 11) is 0. The summed E-state index contributed by atoms with van der Waals surface area (Å²) in [6, 6.07) is 15.4. The maximum atomic E-state index is 12.9. The number of ketones is 1. The number of carbonyl (C=O) groups is 1. The van der Waals surface area contributed by atoms with E-state index in [-0.39, 0.29) is 22.6 Å². The van der Waals surface area contributed by atoms with Crippen molar-refractivity contribution in [1.29, 1.82) is 0 Å². The minimum absolute atomic E-state index is 0.00227. The molecule has 3 aromatic rings. The Balaban J connectivity index is 1.66. The number of aryl methyl sites for hydroxylation is 1. The number of Topliss-reactive ketones (excluding diaryl/α,β-unsaturated/α-hetero) is 1. The second kappa shape index (κ2) is 7.31. The number of fused-ring (bicyclic) bond motifs is 1. The van der Waals surface area contributed by atoms with Gasteiger partial charge in [-0.05, 0) is 43.9 Å². The summed E-state index contributed by atoms with van der Waals surface area (Å²) in [4.78, 5) is 30.5. The molecular weight excluding hydrogens is 356 g/mol. The second-order valence-corrected chi connectivity index (χ2v) is 8.30. The van der Waals surface area contributed by atoms with Gasteiger partial charge in [-0.15, -0.1) is 0 Å². The van der Waals surface area contributed by atoms with E-state index in [1.807, 2.05) is 55.5 Å². The number of hydrogen-bond acceptors (Lipinski definition) is 4. The van der Waals surface area contributed by atoms with Crippen LogP contribution in [-0.4, -0.2) is 20.6 Å². The molecule has 1 aliphatic carbocycles. The van der Waals surface area contributed by atoms with Crippen LogP contribution in [0.5, 0.6) is 0 Å². The van der Waals surface area contributed by atoms with E-state index in [0.717, 1.165) is 19.3 Å². The van der Waals surface area contributed by atoms with Crippen LogP contribution in [0.15, 0.2) is 58.5 Å². The lowest BCUT2D eigenvalue weighted by atomic mass is 10.1. The summed E-state index contributed by atoms with van der Waals surface area (Å²) in [6.07, 6.45) is 2.94. The fourth-order valence-electron chi connectivity index (χ4n) is 3.21. The highest BCUT2D eigenvalue weighted by molar-refractivity contribution is 8.00. The van der Waals surface area contributed by atoms with Gasteiger partial charge in [0, 0.05) is 11.6 Å². The Morgan fingerprint density at radius 2 is 1.89 bits per heavy atom. The maximum Gasteiger partial charge on any atom is 0.262 e. The molecule has 0 saturated heterocycles. The van der Waals surface area contributed by atoms with E-state index in [4.69, 9.17) is 4.98 Å². The molecular formula is C22H22N2O2S. The van der Waals surface area contributed by atoms with E-state index >= 15 is 0 Å². The van der Waals surface area contributed by atoms with Gasteiger partial charge in [0.1, 0.15) is 0 Å². The molecule has 27 heavy (non-hydrogen) atoms. The Morgan fingerprint density at radius 1 is 1.19 bits per heavy atom. The van der Waals surface area contributed by atoms with Gasteiger partial charge in [0.25, 0.3) is 5.56 Å². The molecule has 4 rings (SSSR count).